The van der Waals surface area contributed by atoms with Crippen molar-refractivity contribution >= 4 is 11.9 Å². The first kappa shape index (κ1) is 15.4. The zero-order valence-electron chi connectivity index (χ0n) is 12.3. The van der Waals surface area contributed by atoms with Crippen LogP contribution in [-0.4, -0.2) is 17.9 Å². The van der Waals surface area contributed by atoms with Gasteiger partial charge in [0.05, 0.1) is 6.54 Å². The Morgan fingerprint density at radius 1 is 1.19 bits per heavy atom. The van der Waals surface area contributed by atoms with Crippen molar-refractivity contribution < 1.29 is 4.79 Å². The first-order valence-electron chi connectivity index (χ1n) is 7.60. The van der Waals surface area contributed by atoms with E-state index < -0.39 is 5.91 Å². The lowest BCUT2D eigenvalue weighted by atomic mass is 10.1. The molecule has 1 aliphatic rings. The van der Waals surface area contributed by atoms with Crippen molar-refractivity contribution in [3.05, 3.63) is 35.4 Å². The number of amides is 1. The SMILES string of the molecule is NC(=O)c1cccc(CN=C(N)NC2CCCCCC2)c1. The maximum atomic E-state index is 11.1. The second kappa shape index (κ2) is 7.67. The van der Waals surface area contributed by atoms with Crippen molar-refractivity contribution in [1.29, 1.82) is 0 Å². The van der Waals surface area contributed by atoms with E-state index in [1.165, 1.54) is 25.7 Å². The Labute approximate surface area is 125 Å². The molecule has 21 heavy (non-hydrogen) atoms. The lowest BCUT2D eigenvalue weighted by Crippen LogP contribution is -2.39. The molecule has 0 radical (unpaired) electrons. The molecule has 0 atom stereocenters. The number of carbonyl (C=O) groups is 1. The maximum Gasteiger partial charge on any atom is 0.248 e. The summed E-state index contributed by atoms with van der Waals surface area (Å²) in [5.41, 5.74) is 12.6. The molecule has 5 heteroatoms. The molecule has 0 saturated heterocycles. The van der Waals surface area contributed by atoms with Gasteiger partial charge in [-0.15, -0.1) is 0 Å². The van der Waals surface area contributed by atoms with E-state index >= 15 is 0 Å². The molecule has 0 bridgehead atoms. The van der Waals surface area contributed by atoms with Crippen molar-refractivity contribution in [1.82, 2.24) is 5.32 Å². The molecule has 5 nitrogen and oxygen atoms in total. The van der Waals surface area contributed by atoms with Gasteiger partial charge in [0.25, 0.3) is 0 Å². The lowest BCUT2D eigenvalue weighted by Gasteiger charge is -2.16. The van der Waals surface area contributed by atoms with E-state index in [0.717, 1.165) is 18.4 Å². The Hall–Kier alpha value is -2.04. The summed E-state index contributed by atoms with van der Waals surface area (Å²) in [4.78, 5) is 15.5. The highest BCUT2D eigenvalue weighted by molar-refractivity contribution is 5.92. The van der Waals surface area contributed by atoms with Gasteiger partial charge in [0.2, 0.25) is 5.91 Å². The third kappa shape index (κ3) is 5.10. The van der Waals surface area contributed by atoms with Crippen LogP contribution in [0.25, 0.3) is 0 Å². The number of hydrogen-bond donors (Lipinski definition) is 3. The number of nitrogens with one attached hydrogen (secondary N) is 1. The van der Waals surface area contributed by atoms with E-state index in [1.54, 1.807) is 18.2 Å². The van der Waals surface area contributed by atoms with Crippen LogP contribution in [0.5, 0.6) is 0 Å². The van der Waals surface area contributed by atoms with Crippen LogP contribution >= 0.6 is 0 Å². The third-order valence-corrected chi connectivity index (χ3v) is 3.85. The minimum Gasteiger partial charge on any atom is -0.370 e. The van der Waals surface area contributed by atoms with Crippen LogP contribution in [-0.2, 0) is 6.54 Å². The molecule has 5 N–H and O–H groups in total. The highest BCUT2D eigenvalue weighted by Gasteiger charge is 2.12. The molecular formula is C16H24N4O. The van der Waals surface area contributed by atoms with Gasteiger partial charge in [0.15, 0.2) is 5.96 Å². The van der Waals surface area contributed by atoms with Crippen LogP contribution < -0.4 is 16.8 Å². The summed E-state index contributed by atoms with van der Waals surface area (Å²) in [6.07, 6.45) is 7.46. The highest BCUT2D eigenvalue weighted by Crippen LogP contribution is 2.17. The van der Waals surface area contributed by atoms with Crippen molar-refractivity contribution in [2.45, 2.75) is 51.1 Å². The molecule has 114 valence electrons. The minimum atomic E-state index is -0.426. The summed E-state index contributed by atoms with van der Waals surface area (Å²) in [6.45, 7) is 0.451. The maximum absolute atomic E-state index is 11.1. The number of nitrogens with zero attached hydrogens (tertiary/aromatic N) is 1. The van der Waals surface area contributed by atoms with Crippen LogP contribution in [0, 0.1) is 0 Å². The lowest BCUT2D eigenvalue weighted by molar-refractivity contribution is 0.1000. The van der Waals surface area contributed by atoms with Gasteiger partial charge in [-0.25, -0.2) is 4.99 Å². The minimum absolute atomic E-state index is 0.426. The number of benzene rings is 1. The van der Waals surface area contributed by atoms with E-state index in [2.05, 4.69) is 10.3 Å². The van der Waals surface area contributed by atoms with Crippen LogP contribution in [0.1, 0.15) is 54.4 Å². The second-order valence-corrected chi connectivity index (χ2v) is 5.60. The molecule has 0 aliphatic heterocycles. The van der Waals surface area contributed by atoms with Crippen molar-refractivity contribution in [3.63, 3.8) is 0 Å². The predicted molar refractivity (Wildman–Crippen MR) is 84.9 cm³/mol. The molecule has 1 aromatic rings. The first-order valence-corrected chi connectivity index (χ1v) is 7.60. The molecule has 1 aromatic carbocycles. The summed E-state index contributed by atoms with van der Waals surface area (Å²) in [5, 5.41) is 3.30. The topological polar surface area (TPSA) is 93.5 Å². The number of carbonyl (C=O) groups excluding carboxylic acids is 1. The van der Waals surface area contributed by atoms with Crippen LogP contribution in [0.15, 0.2) is 29.3 Å². The van der Waals surface area contributed by atoms with E-state index in [-0.39, 0.29) is 0 Å². The van der Waals surface area contributed by atoms with E-state index in [9.17, 15) is 4.79 Å². The van der Waals surface area contributed by atoms with Crippen LogP contribution in [0.4, 0.5) is 0 Å². The number of primary amides is 1. The predicted octanol–water partition coefficient (Wildman–Crippen LogP) is 1.91. The summed E-state index contributed by atoms with van der Waals surface area (Å²) in [6, 6.07) is 7.61. The molecule has 0 aromatic heterocycles. The first-order chi connectivity index (χ1) is 10.1. The second-order valence-electron chi connectivity index (χ2n) is 5.60. The van der Waals surface area contributed by atoms with Gasteiger partial charge >= 0.3 is 0 Å². The van der Waals surface area contributed by atoms with Gasteiger partial charge in [-0.3, -0.25) is 4.79 Å². The molecule has 1 fully saturated rings. The largest absolute Gasteiger partial charge is 0.370 e. The van der Waals surface area contributed by atoms with Gasteiger partial charge in [0.1, 0.15) is 0 Å². The summed E-state index contributed by atoms with van der Waals surface area (Å²) in [7, 11) is 0. The normalized spacial score (nSPS) is 17.2. The molecule has 0 spiro atoms. The summed E-state index contributed by atoms with van der Waals surface area (Å²) < 4.78 is 0. The summed E-state index contributed by atoms with van der Waals surface area (Å²) >= 11 is 0. The molecule has 1 saturated carbocycles. The quantitative estimate of drug-likeness (QED) is 0.449. The van der Waals surface area contributed by atoms with E-state index in [4.69, 9.17) is 11.5 Å². The smallest absolute Gasteiger partial charge is 0.248 e. The Morgan fingerprint density at radius 2 is 1.90 bits per heavy atom. The van der Waals surface area contributed by atoms with E-state index in [0.29, 0.717) is 24.1 Å². The van der Waals surface area contributed by atoms with Gasteiger partial charge in [-0.05, 0) is 30.5 Å². The molecule has 1 amide bonds. The standard InChI is InChI=1S/C16H24N4O/c17-15(21)13-7-5-6-12(10-13)11-19-16(18)20-14-8-3-1-2-4-9-14/h5-7,10,14H,1-4,8-9,11H2,(H2,17,21)(H3,18,19,20). The van der Waals surface area contributed by atoms with Gasteiger partial charge in [-0.1, -0.05) is 37.8 Å². The monoisotopic (exact) mass is 288 g/mol. The molecule has 0 heterocycles. The highest BCUT2D eigenvalue weighted by atomic mass is 16.1. The third-order valence-electron chi connectivity index (χ3n) is 3.85. The number of guanidine groups is 1. The molecular weight excluding hydrogens is 264 g/mol. The fourth-order valence-electron chi connectivity index (χ4n) is 2.68. The van der Waals surface area contributed by atoms with Crippen molar-refractivity contribution in [3.8, 4) is 0 Å². The molecule has 0 unspecified atom stereocenters. The number of hydrogen-bond acceptors (Lipinski definition) is 2. The molecule has 2 rings (SSSR count). The zero-order valence-corrected chi connectivity index (χ0v) is 12.3. The van der Waals surface area contributed by atoms with Gasteiger partial charge in [0, 0.05) is 11.6 Å². The summed E-state index contributed by atoms with van der Waals surface area (Å²) in [5.74, 6) is 0.0526. The van der Waals surface area contributed by atoms with Crippen molar-refractivity contribution in [2.75, 3.05) is 0 Å². The van der Waals surface area contributed by atoms with Crippen LogP contribution in [0.2, 0.25) is 0 Å². The number of aliphatic imine (C=N–C) groups is 1. The number of nitrogens with two attached hydrogens (primary N) is 2. The zero-order chi connectivity index (χ0) is 15.1. The Morgan fingerprint density at radius 3 is 2.57 bits per heavy atom. The fourth-order valence-corrected chi connectivity index (χ4v) is 2.68. The van der Waals surface area contributed by atoms with Gasteiger partial charge < -0.3 is 16.8 Å². The van der Waals surface area contributed by atoms with E-state index in [1.807, 2.05) is 6.07 Å². The molecule has 1 aliphatic carbocycles. The average molecular weight is 288 g/mol. The average Bonchev–Trinajstić information content (AvgIpc) is 2.74. The van der Waals surface area contributed by atoms with Gasteiger partial charge in [-0.2, -0.15) is 0 Å². The fraction of sp³-hybridized carbons (Fsp3) is 0.500. The van der Waals surface area contributed by atoms with Crippen LogP contribution in [0.3, 0.4) is 0 Å². The van der Waals surface area contributed by atoms with Crippen molar-refractivity contribution in [2.24, 2.45) is 16.5 Å². The number of rotatable bonds is 4. The Balaban J connectivity index is 1.90. The Kier molecular flexibility index (Phi) is 5.60. The Bertz CT molecular complexity index is 505.